The van der Waals surface area contributed by atoms with E-state index < -0.39 is 0 Å². The summed E-state index contributed by atoms with van der Waals surface area (Å²) in [6.45, 7) is 3.94. The van der Waals surface area contributed by atoms with Crippen LogP contribution in [-0.4, -0.2) is 50.1 Å². The van der Waals surface area contributed by atoms with Crippen LogP contribution in [0.4, 0.5) is 0 Å². The number of amides is 1. The Bertz CT molecular complexity index is 853. The fourth-order valence-corrected chi connectivity index (χ4v) is 4.06. The highest BCUT2D eigenvalue weighted by atomic mass is 32.1. The Hall–Kier alpha value is -2.52. The first kappa shape index (κ1) is 18.8. The van der Waals surface area contributed by atoms with Crippen LogP contribution in [-0.2, 0) is 17.9 Å². The summed E-state index contributed by atoms with van der Waals surface area (Å²) in [7, 11) is 0. The Morgan fingerprint density at radius 1 is 1.36 bits per heavy atom. The molecule has 0 atom stereocenters. The number of aryl methyl sites for hydroxylation is 1. The lowest BCUT2D eigenvalue weighted by atomic mass is 9.96. The molecule has 0 spiro atoms. The number of hydrogen-bond acceptors (Lipinski definition) is 7. The van der Waals surface area contributed by atoms with Gasteiger partial charge in [-0.15, -0.1) is 11.3 Å². The van der Waals surface area contributed by atoms with Crippen LogP contribution in [0.25, 0.3) is 10.7 Å². The standard InChI is InChI=1S/C19H24N6O2S/c26-19(21-6-2-8-25-11-7-20-14-25)15-4-9-24(10-5-15)13-17-22-18(23-27-17)16-3-1-12-28-16/h1,3,7,11-12,14-15H,2,4-6,8-10,13H2,(H,21,26). The second kappa shape index (κ2) is 9.11. The fourth-order valence-electron chi connectivity index (χ4n) is 3.41. The third-order valence-electron chi connectivity index (χ3n) is 4.98. The van der Waals surface area contributed by atoms with Crippen molar-refractivity contribution in [1.29, 1.82) is 0 Å². The molecule has 0 saturated carbocycles. The monoisotopic (exact) mass is 400 g/mol. The van der Waals surface area contributed by atoms with Gasteiger partial charge < -0.3 is 14.4 Å². The molecule has 1 aliphatic rings. The fraction of sp³-hybridized carbons (Fsp3) is 0.474. The van der Waals surface area contributed by atoms with E-state index in [4.69, 9.17) is 4.52 Å². The van der Waals surface area contributed by atoms with Crippen molar-refractivity contribution in [2.24, 2.45) is 5.92 Å². The molecule has 1 N–H and O–H groups in total. The van der Waals surface area contributed by atoms with E-state index in [1.807, 2.05) is 28.3 Å². The first-order valence-electron chi connectivity index (χ1n) is 9.60. The van der Waals surface area contributed by atoms with Gasteiger partial charge in [0, 0.05) is 31.4 Å². The van der Waals surface area contributed by atoms with Gasteiger partial charge in [-0.2, -0.15) is 4.98 Å². The van der Waals surface area contributed by atoms with Crippen molar-refractivity contribution in [3.05, 3.63) is 42.1 Å². The summed E-state index contributed by atoms with van der Waals surface area (Å²) in [6.07, 6.45) is 8.13. The molecule has 3 aromatic heterocycles. The lowest BCUT2D eigenvalue weighted by molar-refractivity contribution is -0.126. The van der Waals surface area contributed by atoms with Crippen LogP contribution in [0.15, 0.2) is 40.8 Å². The molecule has 1 aliphatic heterocycles. The van der Waals surface area contributed by atoms with E-state index in [0.717, 1.165) is 43.8 Å². The average molecular weight is 401 g/mol. The molecule has 3 aromatic rings. The summed E-state index contributed by atoms with van der Waals surface area (Å²) in [4.78, 5) is 24.1. The normalized spacial score (nSPS) is 15.7. The molecular weight excluding hydrogens is 376 g/mol. The SMILES string of the molecule is O=C(NCCCn1ccnc1)C1CCN(Cc2nc(-c3cccs3)no2)CC1. The van der Waals surface area contributed by atoms with Crippen molar-refractivity contribution in [2.75, 3.05) is 19.6 Å². The molecule has 28 heavy (non-hydrogen) atoms. The van der Waals surface area contributed by atoms with Gasteiger partial charge in [0.1, 0.15) is 0 Å². The molecule has 0 bridgehead atoms. The number of thiophene rings is 1. The number of likely N-dealkylation sites (tertiary alicyclic amines) is 1. The molecule has 1 amide bonds. The van der Waals surface area contributed by atoms with Crippen molar-refractivity contribution in [1.82, 2.24) is 29.9 Å². The largest absolute Gasteiger partial charge is 0.356 e. The second-order valence-electron chi connectivity index (χ2n) is 6.98. The number of carbonyl (C=O) groups is 1. The predicted octanol–water partition coefficient (Wildman–Crippen LogP) is 2.41. The minimum absolute atomic E-state index is 0.0915. The summed E-state index contributed by atoms with van der Waals surface area (Å²) >= 11 is 1.60. The second-order valence-corrected chi connectivity index (χ2v) is 7.93. The molecule has 148 valence electrons. The molecule has 9 heteroatoms. The van der Waals surface area contributed by atoms with Gasteiger partial charge in [0.25, 0.3) is 0 Å². The van der Waals surface area contributed by atoms with E-state index in [-0.39, 0.29) is 11.8 Å². The highest BCUT2D eigenvalue weighted by Crippen LogP contribution is 2.23. The van der Waals surface area contributed by atoms with Crippen LogP contribution in [0, 0.1) is 5.92 Å². The zero-order chi connectivity index (χ0) is 19.2. The molecule has 0 aliphatic carbocycles. The van der Waals surface area contributed by atoms with Crippen LogP contribution in [0.2, 0.25) is 0 Å². The van der Waals surface area contributed by atoms with Crippen molar-refractivity contribution in [3.63, 3.8) is 0 Å². The molecule has 0 aromatic carbocycles. The maximum Gasteiger partial charge on any atom is 0.241 e. The molecular formula is C19H24N6O2S. The van der Waals surface area contributed by atoms with Crippen molar-refractivity contribution < 1.29 is 9.32 Å². The van der Waals surface area contributed by atoms with E-state index in [9.17, 15) is 4.79 Å². The van der Waals surface area contributed by atoms with Gasteiger partial charge in [0.15, 0.2) is 0 Å². The summed E-state index contributed by atoms with van der Waals surface area (Å²) in [5.41, 5.74) is 0. The van der Waals surface area contributed by atoms with E-state index in [1.165, 1.54) is 0 Å². The van der Waals surface area contributed by atoms with Gasteiger partial charge in [0.05, 0.1) is 17.7 Å². The average Bonchev–Trinajstić information content (AvgIpc) is 3.48. The van der Waals surface area contributed by atoms with Gasteiger partial charge in [-0.1, -0.05) is 11.2 Å². The molecule has 0 unspecified atom stereocenters. The zero-order valence-electron chi connectivity index (χ0n) is 15.7. The van der Waals surface area contributed by atoms with Crippen LogP contribution in [0.1, 0.15) is 25.2 Å². The number of nitrogens with zero attached hydrogens (tertiary/aromatic N) is 5. The smallest absolute Gasteiger partial charge is 0.241 e. The highest BCUT2D eigenvalue weighted by Gasteiger charge is 2.25. The van der Waals surface area contributed by atoms with Crippen molar-refractivity contribution in [2.45, 2.75) is 32.4 Å². The molecule has 8 nitrogen and oxygen atoms in total. The number of aromatic nitrogens is 4. The minimum Gasteiger partial charge on any atom is -0.356 e. The molecule has 4 heterocycles. The van der Waals surface area contributed by atoms with E-state index in [2.05, 4.69) is 25.3 Å². The summed E-state index contributed by atoms with van der Waals surface area (Å²) in [6, 6.07) is 3.96. The third kappa shape index (κ3) is 4.85. The first-order valence-corrected chi connectivity index (χ1v) is 10.5. The lowest BCUT2D eigenvalue weighted by Gasteiger charge is -2.30. The number of piperidine rings is 1. The Morgan fingerprint density at radius 2 is 2.25 bits per heavy atom. The molecule has 1 saturated heterocycles. The molecule has 4 rings (SSSR count). The topological polar surface area (TPSA) is 89.1 Å². The van der Waals surface area contributed by atoms with Gasteiger partial charge in [-0.25, -0.2) is 4.98 Å². The highest BCUT2D eigenvalue weighted by molar-refractivity contribution is 7.13. The summed E-state index contributed by atoms with van der Waals surface area (Å²) < 4.78 is 7.40. The maximum absolute atomic E-state index is 12.4. The van der Waals surface area contributed by atoms with Gasteiger partial charge >= 0.3 is 0 Å². The number of rotatable bonds is 8. The van der Waals surface area contributed by atoms with E-state index in [0.29, 0.717) is 24.8 Å². The Labute approximate surface area is 167 Å². The zero-order valence-corrected chi connectivity index (χ0v) is 16.5. The van der Waals surface area contributed by atoms with Crippen LogP contribution >= 0.6 is 11.3 Å². The van der Waals surface area contributed by atoms with E-state index >= 15 is 0 Å². The summed E-state index contributed by atoms with van der Waals surface area (Å²) in [5.74, 6) is 1.54. The third-order valence-corrected chi connectivity index (χ3v) is 5.84. The van der Waals surface area contributed by atoms with Crippen LogP contribution in [0.5, 0.6) is 0 Å². The number of carbonyl (C=O) groups excluding carboxylic acids is 1. The van der Waals surface area contributed by atoms with Crippen molar-refractivity contribution in [3.8, 4) is 10.7 Å². The first-order chi connectivity index (χ1) is 13.8. The quantitative estimate of drug-likeness (QED) is 0.584. The molecule has 1 fully saturated rings. The predicted molar refractivity (Wildman–Crippen MR) is 105 cm³/mol. The maximum atomic E-state index is 12.4. The minimum atomic E-state index is 0.0915. The van der Waals surface area contributed by atoms with Crippen LogP contribution in [0.3, 0.4) is 0 Å². The Balaban J connectivity index is 1.16. The number of hydrogen-bond donors (Lipinski definition) is 1. The molecule has 0 radical (unpaired) electrons. The van der Waals surface area contributed by atoms with Gasteiger partial charge in [-0.05, 0) is 43.8 Å². The number of imidazole rings is 1. The number of nitrogens with one attached hydrogen (secondary N) is 1. The Morgan fingerprint density at radius 3 is 3.00 bits per heavy atom. The lowest BCUT2D eigenvalue weighted by Crippen LogP contribution is -2.40. The summed E-state index contributed by atoms with van der Waals surface area (Å²) in [5, 5.41) is 9.12. The Kier molecular flexibility index (Phi) is 6.13. The van der Waals surface area contributed by atoms with Crippen LogP contribution < -0.4 is 5.32 Å². The van der Waals surface area contributed by atoms with Gasteiger partial charge in [0.2, 0.25) is 17.6 Å². The van der Waals surface area contributed by atoms with Gasteiger partial charge in [-0.3, -0.25) is 9.69 Å². The van der Waals surface area contributed by atoms with Crippen molar-refractivity contribution >= 4 is 17.2 Å². The van der Waals surface area contributed by atoms with E-state index in [1.54, 1.807) is 23.9 Å².